The van der Waals surface area contributed by atoms with Crippen molar-refractivity contribution in [2.24, 2.45) is 0 Å². The van der Waals surface area contributed by atoms with Crippen molar-refractivity contribution in [3.8, 4) is 5.69 Å². The van der Waals surface area contributed by atoms with Crippen LogP contribution in [0.3, 0.4) is 0 Å². The monoisotopic (exact) mass is 394 g/mol. The van der Waals surface area contributed by atoms with Crippen molar-refractivity contribution in [1.82, 2.24) is 20.0 Å². The number of rotatable bonds is 4. The van der Waals surface area contributed by atoms with E-state index in [4.69, 9.17) is 11.6 Å². The van der Waals surface area contributed by atoms with Crippen LogP contribution in [0.15, 0.2) is 24.4 Å². The van der Waals surface area contributed by atoms with Crippen molar-refractivity contribution in [1.29, 1.82) is 0 Å². The average molecular weight is 395 g/mol. The van der Waals surface area contributed by atoms with Gasteiger partial charge in [-0.15, -0.1) is 12.4 Å². The van der Waals surface area contributed by atoms with Crippen LogP contribution in [0, 0.1) is 6.92 Å². The first-order chi connectivity index (χ1) is 12.1. The molecule has 2 aliphatic rings. The second kappa shape index (κ2) is 7.59. The summed E-state index contributed by atoms with van der Waals surface area (Å²) in [6, 6.07) is 6.19. The molecule has 2 fully saturated rings. The molecule has 1 aromatic heterocycles. The number of carbonyl (C=O) groups excluding carboxylic acids is 1. The van der Waals surface area contributed by atoms with Crippen molar-refractivity contribution in [3.63, 3.8) is 0 Å². The van der Waals surface area contributed by atoms with Crippen LogP contribution in [0.2, 0.25) is 5.02 Å². The minimum Gasteiger partial charge on any atom is -0.337 e. The Morgan fingerprint density at radius 2 is 2.12 bits per heavy atom. The third kappa shape index (κ3) is 3.48. The molecule has 1 saturated heterocycles. The molecule has 4 rings (SSSR count). The van der Waals surface area contributed by atoms with Crippen LogP contribution in [0.4, 0.5) is 0 Å². The fraction of sp³-hybridized carbons (Fsp3) is 0.474. The summed E-state index contributed by atoms with van der Waals surface area (Å²) < 4.78 is 1.90. The Balaban J connectivity index is 0.00000196. The molecular formula is C19H24Cl2N4O. The molecule has 2 aromatic rings. The van der Waals surface area contributed by atoms with Crippen LogP contribution in [-0.2, 0) is 0 Å². The Bertz CT molecular complexity index is 810. The fourth-order valence-corrected chi connectivity index (χ4v) is 3.69. The number of halogens is 2. The van der Waals surface area contributed by atoms with Crippen molar-refractivity contribution in [2.75, 3.05) is 20.1 Å². The minimum absolute atomic E-state index is 0. The smallest absolute Gasteiger partial charge is 0.257 e. The van der Waals surface area contributed by atoms with E-state index < -0.39 is 0 Å². The van der Waals surface area contributed by atoms with Gasteiger partial charge in [-0.1, -0.05) is 17.7 Å². The molecule has 140 valence electrons. The van der Waals surface area contributed by atoms with Crippen LogP contribution in [-0.4, -0.2) is 46.8 Å². The zero-order valence-electron chi connectivity index (χ0n) is 15.0. The van der Waals surface area contributed by atoms with Gasteiger partial charge in [0.05, 0.1) is 23.1 Å². The van der Waals surface area contributed by atoms with Gasteiger partial charge < -0.3 is 10.2 Å². The van der Waals surface area contributed by atoms with E-state index in [1.165, 1.54) is 0 Å². The van der Waals surface area contributed by atoms with E-state index in [-0.39, 0.29) is 24.4 Å². The van der Waals surface area contributed by atoms with Crippen molar-refractivity contribution in [3.05, 3.63) is 46.2 Å². The zero-order chi connectivity index (χ0) is 17.6. The van der Waals surface area contributed by atoms with Gasteiger partial charge in [0, 0.05) is 30.6 Å². The molecule has 0 bridgehead atoms. The topological polar surface area (TPSA) is 50.2 Å². The Morgan fingerprint density at radius 3 is 2.73 bits per heavy atom. The number of benzene rings is 1. The summed E-state index contributed by atoms with van der Waals surface area (Å²) in [5, 5.41) is 8.59. The first kappa shape index (κ1) is 19.2. The first-order valence-electron chi connectivity index (χ1n) is 8.88. The summed E-state index contributed by atoms with van der Waals surface area (Å²) in [6.45, 7) is 3.82. The van der Waals surface area contributed by atoms with Crippen LogP contribution in [0.25, 0.3) is 5.69 Å². The summed E-state index contributed by atoms with van der Waals surface area (Å²) in [5.41, 5.74) is 3.72. The second-order valence-corrected chi connectivity index (χ2v) is 7.53. The van der Waals surface area contributed by atoms with E-state index in [0.29, 0.717) is 5.92 Å². The van der Waals surface area contributed by atoms with Gasteiger partial charge in [-0.3, -0.25) is 4.79 Å². The van der Waals surface area contributed by atoms with Crippen LogP contribution in [0.5, 0.6) is 0 Å². The molecule has 1 saturated carbocycles. The molecule has 1 unspecified atom stereocenters. The summed E-state index contributed by atoms with van der Waals surface area (Å²) in [6.07, 6.45) is 4.95. The summed E-state index contributed by atoms with van der Waals surface area (Å²) in [4.78, 5) is 14.9. The van der Waals surface area contributed by atoms with Gasteiger partial charge in [-0.25, -0.2) is 4.68 Å². The predicted molar refractivity (Wildman–Crippen MR) is 106 cm³/mol. The molecular weight excluding hydrogens is 371 g/mol. The van der Waals surface area contributed by atoms with Crippen LogP contribution in [0.1, 0.15) is 46.8 Å². The summed E-state index contributed by atoms with van der Waals surface area (Å²) in [7, 11) is 1.90. The highest BCUT2D eigenvalue weighted by Gasteiger charge is 2.35. The fourth-order valence-electron chi connectivity index (χ4n) is 3.52. The maximum absolute atomic E-state index is 13.1. The molecule has 2 heterocycles. The summed E-state index contributed by atoms with van der Waals surface area (Å²) >= 11 is 6.29. The molecule has 0 radical (unpaired) electrons. The number of amides is 1. The van der Waals surface area contributed by atoms with E-state index >= 15 is 0 Å². The zero-order valence-corrected chi connectivity index (χ0v) is 16.6. The lowest BCUT2D eigenvalue weighted by Gasteiger charge is -2.24. The molecule has 1 aliphatic carbocycles. The third-order valence-corrected chi connectivity index (χ3v) is 5.71. The largest absolute Gasteiger partial charge is 0.337 e. The lowest BCUT2D eigenvalue weighted by molar-refractivity contribution is 0.0742. The third-order valence-electron chi connectivity index (χ3n) is 5.30. The predicted octanol–water partition coefficient (Wildman–Crippen LogP) is 3.57. The van der Waals surface area contributed by atoms with E-state index in [1.54, 1.807) is 6.20 Å². The molecule has 1 amide bonds. The standard InChI is InChI=1S/C19H23ClN4O.ClH/c1-12-3-6-14(9-17(12)20)24-18(13-4-5-13)16(11-22-24)19(25)23(2)15-7-8-21-10-15;/h3,6,9,11,13,15,21H,4-5,7-8,10H2,1-2H3;1H. The van der Waals surface area contributed by atoms with Gasteiger partial charge >= 0.3 is 0 Å². The number of aromatic nitrogens is 2. The summed E-state index contributed by atoms with van der Waals surface area (Å²) in [5.74, 6) is 0.483. The second-order valence-electron chi connectivity index (χ2n) is 7.13. The number of hydrogen-bond donors (Lipinski definition) is 1. The van der Waals surface area contributed by atoms with Gasteiger partial charge in [-0.2, -0.15) is 5.10 Å². The van der Waals surface area contributed by atoms with Crippen molar-refractivity contribution >= 4 is 29.9 Å². The van der Waals surface area contributed by atoms with Gasteiger partial charge in [0.15, 0.2) is 0 Å². The number of hydrogen-bond acceptors (Lipinski definition) is 3. The molecule has 26 heavy (non-hydrogen) atoms. The number of carbonyl (C=O) groups is 1. The SMILES string of the molecule is Cc1ccc(-n2ncc(C(=O)N(C)C3CCNC3)c2C2CC2)cc1Cl.Cl. The maximum atomic E-state index is 13.1. The molecule has 1 aliphatic heterocycles. The lowest BCUT2D eigenvalue weighted by atomic mass is 10.1. The normalized spacial score (nSPS) is 19.3. The molecule has 7 heteroatoms. The van der Waals surface area contributed by atoms with Gasteiger partial charge in [0.1, 0.15) is 0 Å². The van der Waals surface area contributed by atoms with Gasteiger partial charge in [0.25, 0.3) is 5.91 Å². The number of nitrogens with zero attached hydrogens (tertiary/aromatic N) is 3. The van der Waals surface area contributed by atoms with E-state index in [2.05, 4.69) is 10.4 Å². The molecule has 1 N–H and O–H groups in total. The first-order valence-corrected chi connectivity index (χ1v) is 9.26. The Hall–Kier alpha value is -1.56. The minimum atomic E-state index is 0. The van der Waals surface area contributed by atoms with Crippen LogP contribution < -0.4 is 5.32 Å². The molecule has 1 atom stereocenters. The van der Waals surface area contributed by atoms with E-state index in [0.717, 1.165) is 59.9 Å². The lowest BCUT2D eigenvalue weighted by Crippen LogP contribution is -2.38. The van der Waals surface area contributed by atoms with E-state index in [9.17, 15) is 4.79 Å². The molecule has 1 aromatic carbocycles. The Labute approximate surface area is 165 Å². The van der Waals surface area contributed by atoms with Crippen molar-refractivity contribution < 1.29 is 4.79 Å². The van der Waals surface area contributed by atoms with E-state index in [1.807, 2.05) is 41.8 Å². The number of aryl methyl sites for hydroxylation is 1. The highest BCUT2D eigenvalue weighted by molar-refractivity contribution is 6.31. The van der Waals surface area contributed by atoms with Gasteiger partial charge in [0.2, 0.25) is 0 Å². The van der Waals surface area contributed by atoms with Crippen molar-refractivity contribution in [2.45, 2.75) is 38.1 Å². The number of likely N-dealkylation sites (N-methyl/N-ethyl adjacent to an activating group) is 1. The molecule has 0 spiro atoms. The van der Waals surface area contributed by atoms with Crippen LogP contribution >= 0.6 is 24.0 Å². The Kier molecular flexibility index (Phi) is 5.61. The quantitative estimate of drug-likeness (QED) is 0.861. The molecule has 5 nitrogen and oxygen atoms in total. The number of nitrogens with one attached hydrogen (secondary N) is 1. The highest BCUT2D eigenvalue weighted by Crippen LogP contribution is 2.43. The Morgan fingerprint density at radius 1 is 1.35 bits per heavy atom. The van der Waals surface area contributed by atoms with Gasteiger partial charge in [-0.05, 0) is 50.4 Å². The highest BCUT2D eigenvalue weighted by atomic mass is 35.5. The maximum Gasteiger partial charge on any atom is 0.257 e. The average Bonchev–Trinajstić information content (AvgIpc) is 3.13.